The van der Waals surface area contributed by atoms with Gasteiger partial charge in [0.05, 0.1) is 16.3 Å². The minimum Gasteiger partial charge on any atom is -0.333 e. The van der Waals surface area contributed by atoms with Crippen molar-refractivity contribution in [2.24, 2.45) is 0 Å². The van der Waals surface area contributed by atoms with E-state index in [1.165, 1.54) is 11.8 Å². The molecule has 3 rings (SSSR count). The lowest BCUT2D eigenvalue weighted by atomic mass is 10.1. The van der Waals surface area contributed by atoms with Gasteiger partial charge in [-0.25, -0.2) is 4.98 Å². The van der Waals surface area contributed by atoms with Crippen LogP contribution in [-0.4, -0.2) is 27.0 Å². The maximum Gasteiger partial charge on any atom is 0.240 e. The summed E-state index contributed by atoms with van der Waals surface area (Å²) in [5, 5.41) is 3.34. The highest BCUT2D eigenvalue weighted by molar-refractivity contribution is 8.00. The molecule has 19 heavy (non-hydrogen) atoms. The Balaban J connectivity index is 1.81. The summed E-state index contributed by atoms with van der Waals surface area (Å²) in [6.45, 7) is 0. The number of nitrogens with one attached hydrogen (secondary N) is 2. The molecular weight excluding hydrogens is 286 g/mol. The SMILES string of the molecule is O=C1CC[C@H](Sc2nc3ccc(Cl)cc3[nH]2)C(=O)N1. The summed E-state index contributed by atoms with van der Waals surface area (Å²) in [6, 6.07) is 5.38. The average molecular weight is 296 g/mol. The second kappa shape index (κ2) is 4.86. The minimum atomic E-state index is -0.284. The van der Waals surface area contributed by atoms with E-state index in [2.05, 4.69) is 15.3 Å². The number of thioether (sulfide) groups is 1. The molecule has 1 aliphatic rings. The molecule has 2 amide bonds. The Bertz CT molecular complexity index is 670. The van der Waals surface area contributed by atoms with E-state index in [1.54, 1.807) is 12.1 Å². The van der Waals surface area contributed by atoms with Crippen molar-refractivity contribution in [1.82, 2.24) is 15.3 Å². The third-order valence-electron chi connectivity index (χ3n) is 2.86. The first-order valence-electron chi connectivity index (χ1n) is 5.77. The van der Waals surface area contributed by atoms with Crippen LogP contribution in [0.2, 0.25) is 5.02 Å². The Labute approximate surface area is 118 Å². The number of aromatic amines is 1. The largest absolute Gasteiger partial charge is 0.333 e. The molecular formula is C12H10ClN3O2S. The number of benzene rings is 1. The number of amides is 2. The number of fused-ring (bicyclic) bond motifs is 1. The Kier molecular flexibility index (Phi) is 3.20. The van der Waals surface area contributed by atoms with Gasteiger partial charge < -0.3 is 4.98 Å². The van der Waals surface area contributed by atoms with Crippen molar-refractivity contribution < 1.29 is 9.59 Å². The first-order valence-corrected chi connectivity index (χ1v) is 7.03. The van der Waals surface area contributed by atoms with Crippen molar-refractivity contribution in [3.05, 3.63) is 23.2 Å². The molecule has 1 fully saturated rings. The molecule has 0 saturated carbocycles. The number of halogens is 1. The van der Waals surface area contributed by atoms with Gasteiger partial charge in [-0.1, -0.05) is 23.4 Å². The van der Waals surface area contributed by atoms with Gasteiger partial charge in [0.25, 0.3) is 0 Å². The fraction of sp³-hybridized carbons (Fsp3) is 0.250. The lowest BCUT2D eigenvalue weighted by Crippen LogP contribution is -2.42. The number of hydrogen-bond acceptors (Lipinski definition) is 4. The number of piperidine rings is 1. The number of carbonyl (C=O) groups is 2. The second-order valence-corrected chi connectivity index (χ2v) is 5.89. The molecule has 1 saturated heterocycles. The van der Waals surface area contributed by atoms with Crippen LogP contribution < -0.4 is 5.32 Å². The van der Waals surface area contributed by atoms with Gasteiger partial charge in [0, 0.05) is 11.4 Å². The van der Waals surface area contributed by atoms with Crippen molar-refractivity contribution >= 4 is 46.2 Å². The summed E-state index contributed by atoms with van der Waals surface area (Å²) < 4.78 is 0. The van der Waals surface area contributed by atoms with Crippen LogP contribution in [-0.2, 0) is 9.59 Å². The predicted molar refractivity (Wildman–Crippen MR) is 73.1 cm³/mol. The molecule has 2 N–H and O–H groups in total. The highest BCUT2D eigenvalue weighted by Gasteiger charge is 2.28. The van der Waals surface area contributed by atoms with Crippen molar-refractivity contribution in [3.63, 3.8) is 0 Å². The molecule has 0 radical (unpaired) electrons. The Morgan fingerprint density at radius 1 is 1.37 bits per heavy atom. The maximum absolute atomic E-state index is 11.7. The molecule has 0 spiro atoms. The van der Waals surface area contributed by atoms with Gasteiger partial charge in [0.2, 0.25) is 11.8 Å². The number of rotatable bonds is 2. The number of carbonyl (C=O) groups excluding carboxylic acids is 2. The highest BCUT2D eigenvalue weighted by Crippen LogP contribution is 2.28. The Morgan fingerprint density at radius 2 is 2.21 bits per heavy atom. The first-order chi connectivity index (χ1) is 9.11. The van der Waals surface area contributed by atoms with Crippen LogP contribution in [0.4, 0.5) is 0 Å². The fourth-order valence-electron chi connectivity index (χ4n) is 1.94. The summed E-state index contributed by atoms with van der Waals surface area (Å²) in [5.74, 6) is -0.460. The van der Waals surface area contributed by atoms with E-state index < -0.39 is 0 Å². The van der Waals surface area contributed by atoms with Crippen molar-refractivity contribution in [3.8, 4) is 0 Å². The van der Waals surface area contributed by atoms with E-state index in [0.29, 0.717) is 23.0 Å². The van der Waals surface area contributed by atoms with Gasteiger partial charge in [0.1, 0.15) is 0 Å². The molecule has 7 heteroatoms. The third-order valence-corrected chi connectivity index (χ3v) is 4.25. The van der Waals surface area contributed by atoms with Crippen LogP contribution in [0.25, 0.3) is 11.0 Å². The zero-order chi connectivity index (χ0) is 13.4. The first kappa shape index (κ1) is 12.5. The predicted octanol–water partition coefficient (Wildman–Crippen LogP) is 2.11. The maximum atomic E-state index is 11.7. The van der Waals surface area contributed by atoms with Gasteiger partial charge in [-0.15, -0.1) is 0 Å². The lowest BCUT2D eigenvalue weighted by molar-refractivity contribution is -0.132. The number of nitrogens with zero attached hydrogens (tertiary/aromatic N) is 1. The Morgan fingerprint density at radius 3 is 3.00 bits per heavy atom. The van der Waals surface area contributed by atoms with E-state index in [1.807, 2.05) is 6.07 Å². The zero-order valence-corrected chi connectivity index (χ0v) is 11.3. The van der Waals surface area contributed by atoms with Crippen molar-refractivity contribution in [2.45, 2.75) is 23.2 Å². The summed E-state index contributed by atoms with van der Waals surface area (Å²) in [7, 11) is 0. The van der Waals surface area contributed by atoms with Gasteiger partial charge >= 0.3 is 0 Å². The molecule has 1 aliphatic heterocycles. The standard InChI is InChI=1S/C12H10ClN3O2S/c13-6-1-2-7-8(5-6)15-12(14-7)19-9-3-4-10(17)16-11(9)18/h1-2,5,9H,3-4H2,(H,14,15)(H,16,17,18)/t9-/m0/s1. The molecule has 2 aromatic rings. The van der Waals surface area contributed by atoms with E-state index in [0.717, 1.165) is 11.0 Å². The lowest BCUT2D eigenvalue weighted by Gasteiger charge is -2.18. The smallest absolute Gasteiger partial charge is 0.240 e. The third kappa shape index (κ3) is 2.59. The number of aromatic nitrogens is 2. The van der Waals surface area contributed by atoms with Gasteiger partial charge in [0.15, 0.2) is 5.16 Å². The van der Waals surface area contributed by atoms with Crippen LogP contribution in [0.3, 0.4) is 0 Å². The van der Waals surface area contributed by atoms with Gasteiger partial charge in [-0.05, 0) is 24.6 Å². The van der Waals surface area contributed by atoms with Crippen molar-refractivity contribution in [1.29, 1.82) is 0 Å². The van der Waals surface area contributed by atoms with Crippen molar-refractivity contribution in [2.75, 3.05) is 0 Å². The van der Waals surface area contributed by atoms with Crippen LogP contribution in [0.5, 0.6) is 0 Å². The average Bonchev–Trinajstić information content (AvgIpc) is 2.74. The molecule has 1 aromatic heterocycles. The monoisotopic (exact) mass is 295 g/mol. The summed E-state index contributed by atoms with van der Waals surface area (Å²) >= 11 is 7.24. The van der Waals surface area contributed by atoms with Crippen LogP contribution >= 0.6 is 23.4 Å². The second-order valence-electron chi connectivity index (χ2n) is 4.26. The van der Waals surface area contributed by atoms with Crippen LogP contribution in [0.15, 0.2) is 23.4 Å². The quantitative estimate of drug-likeness (QED) is 0.832. The topological polar surface area (TPSA) is 74.8 Å². The summed E-state index contributed by atoms with van der Waals surface area (Å²) in [4.78, 5) is 30.2. The van der Waals surface area contributed by atoms with E-state index in [9.17, 15) is 9.59 Å². The minimum absolute atomic E-state index is 0.210. The fourth-order valence-corrected chi connectivity index (χ4v) is 3.10. The molecule has 5 nitrogen and oxygen atoms in total. The summed E-state index contributed by atoms with van der Waals surface area (Å²) in [6.07, 6.45) is 0.905. The Hall–Kier alpha value is -1.53. The highest BCUT2D eigenvalue weighted by atomic mass is 35.5. The zero-order valence-electron chi connectivity index (χ0n) is 9.77. The van der Waals surface area contributed by atoms with Crippen LogP contribution in [0, 0.1) is 0 Å². The molecule has 0 bridgehead atoms. The number of hydrogen-bond donors (Lipinski definition) is 2. The normalized spacial score (nSPS) is 19.7. The van der Waals surface area contributed by atoms with Gasteiger partial charge in [-0.2, -0.15) is 0 Å². The number of H-pyrrole nitrogens is 1. The molecule has 1 atom stereocenters. The molecule has 0 unspecified atom stereocenters. The summed E-state index contributed by atoms with van der Waals surface area (Å²) in [5.41, 5.74) is 1.64. The number of imidazole rings is 1. The molecule has 2 heterocycles. The molecule has 0 aliphatic carbocycles. The van der Waals surface area contributed by atoms with Crippen LogP contribution in [0.1, 0.15) is 12.8 Å². The van der Waals surface area contributed by atoms with E-state index >= 15 is 0 Å². The van der Waals surface area contributed by atoms with E-state index in [-0.39, 0.29) is 17.1 Å². The molecule has 1 aromatic carbocycles. The molecule has 98 valence electrons. The number of imide groups is 1. The van der Waals surface area contributed by atoms with Gasteiger partial charge in [-0.3, -0.25) is 14.9 Å². The van der Waals surface area contributed by atoms with E-state index in [4.69, 9.17) is 11.6 Å².